The topological polar surface area (TPSA) is 98.5 Å². The summed E-state index contributed by atoms with van der Waals surface area (Å²) >= 11 is 4.54. The second-order valence-electron chi connectivity index (χ2n) is 5.96. The van der Waals surface area contributed by atoms with E-state index in [0.29, 0.717) is 10.8 Å². The van der Waals surface area contributed by atoms with Gasteiger partial charge >= 0.3 is 0 Å². The molecule has 4 aromatic rings. The van der Waals surface area contributed by atoms with E-state index in [1.54, 1.807) is 12.1 Å². The Kier molecular flexibility index (Phi) is 5.67. The van der Waals surface area contributed by atoms with Crippen LogP contribution in [-0.4, -0.2) is 36.3 Å². The molecule has 0 spiro atoms. The fraction of sp³-hybridized carbons (Fsp3) is 0.111. The van der Waals surface area contributed by atoms with Gasteiger partial charge in [-0.1, -0.05) is 39.4 Å². The minimum absolute atomic E-state index is 0.232. The minimum Gasteiger partial charge on any atom is -0.346 e. The predicted molar refractivity (Wildman–Crippen MR) is 108 cm³/mol. The molecular formula is C18H13BrFN7OS. The van der Waals surface area contributed by atoms with Crippen molar-refractivity contribution < 1.29 is 9.18 Å². The summed E-state index contributed by atoms with van der Waals surface area (Å²) in [6.45, 7) is 0.529. The lowest BCUT2D eigenvalue weighted by molar-refractivity contribution is 0.0950. The highest BCUT2D eigenvalue weighted by molar-refractivity contribution is 9.10. The van der Waals surface area contributed by atoms with Gasteiger partial charge in [-0.15, -0.1) is 20.4 Å². The van der Waals surface area contributed by atoms with Crippen LogP contribution in [0, 0.1) is 5.82 Å². The average Bonchev–Trinajstić information content (AvgIpc) is 3.38. The van der Waals surface area contributed by atoms with Gasteiger partial charge in [0, 0.05) is 16.6 Å². The summed E-state index contributed by atoms with van der Waals surface area (Å²) in [4.78, 5) is 13.6. The molecule has 2 heterocycles. The Labute approximate surface area is 176 Å². The van der Waals surface area contributed by atoms with Crippen LogP contribution < -0.4 is 5.32 Å². The molecule has 0 fully saturated rings. The number of tetrazole rings is 1. The molecule has 146 valence electrons. The molecule has 0 unspecified atom stereocenters. The molecule has 2 aromatic heterocycles. The van der Waals surface area contributed by atoms with Crippen molar-refractivity contribution in [2.75, 3.05) is 0 Å². The van der Waals surface area contributed by atoms with Crippen molar-refractivity contribution >= 4 is 33.2 Å². The lowest BCUT2D eigenvalue weighted by Crippen LogP contribution is -2.22. The molecule has 11 heteroatoms. The van der Waals surface area contributed by atoms with Crippen molar-refractivity contribution in [3.63, 3.8) is 0 Å². The number of carbonyl (C=O) groups excluding carboxylic acids is 1. The molecule has 0 atom stereocenters. The Morgan fingerprint density at radius 2 is 1.83 bits per heavy atom. The van der Waals surface area contributed by atoms with E-state index in [1.165, 1.54) is 16.9 Å². The summed E-state index contributed by atoms with van der Waals surface area (Å²) in [5.41, 5.74) is 1.63. The molecular weight excluding hydrogens is 461 g/mol. The van der Waals surface area contributed by atoms with Crippen molar-refractivity contribution in [2.45, 2.75) is 13.1 Å². The van der Waals surface area contributed by atoms with Gasteiger partial charge in [-0.05, 0) is 47.2 Å². The van der Waals surface area contributed by atoms with E-state index in [0.717, 1.165) is 26.9 Å². The van der Waals surface area contributed by atoms with Gasteiger partial charge in [0.05, 0.1) is 0 Å². The van der Waals surface area contributed by atoms with Gasteiger partial charge in [0.15, 0.2) is 0 Å². The van der Waals surface area contributed by atoms with E-state index in [9.17, 15) is 9.18 Å². The third-order valence-electron chi connectivity index (χ3n) is 3.86. The number of rotatable bonds is 6. The van der Waals surface area contributed by atoms with Crippen LogP contribution in [0.1, 0.15) is 20.4 Å². The molecule has 0 saturated heterocycles. The molecule has 0 aliphatic carbocycles. The van der Waals surface area contributed by atoms with E-state index in [-0.39, 0.29) is 29.8 Å². The van der Waals surface area contributed by atoms with Crippen molar-refractivity contribution in [1.29, 1.82) is 0 Å². The number of aromatic nitrogens is 6. The summed E-state index contributed by atoms with van der Waals surface area (Å²) in [5, 5.41) is 23.9. The van der Waals surface area contributed by atoms with E-state index < -0.39 is 0 Å². The first-order valence-electron chi connectivity index (χ1n) is 8.45. The zero-order valence-corrected chi connectivity index (χ0v) is 17.2. The molecule has 0 aliphatic heterocycles. The predicted octanol–water partition coefficient (Wildman–Crippen LogP) is 3.07. The number of benzene rings is 2. The van der Waals surface area contributed by atoms with Gasteiger partial charge in [-0.3, -0.25) is 4.79 Å². The molecule has 0 bridgehead atoms. The maximum Gasteiger partial charge on any atom is 0.282 e. The lowest BCUT2D eigenvalue weighted by Gasteiger charge is -2.02. The van der Waals surface area contributed by atoms with Crippen LogP contribution in [0.2, 0.25) is 0 Å². The molecule has 0 radical (unpaired) electrons. The third-order valence-corrected chi connectivity index (χ3v) is 5.29. The summed E-state index contributed by atoms with van der Waals surface area (Å²) in [7, 11) is 0. The Morgan fingerprint density at radius 1 is 1.07 bits per heavy atom. The minimum atomic E-state index is -0.347. The zero-order chi connectivity index (χ0) is 20.2. The number of hydrogen-bond donors (Lipinski definition) is 1. The van der Waals surface area contributed by atoms with Crippen LogP contribution in [0.5, 0.6) is 0 Å². The van der Waals surface area contributed by atoms with E-state index in [2.05, 4.69) is 46.9 Å². The second-order valence-corrected chi connectivity index (χ2v) is 7.94. The Hall–Kier alpha value is -3.05. The van der Waals surface area contributed by atoms with Gasteiger partial charge in [0.2, 0.25) is 10.8 Å². The fourth-order valence-electron chi connectivity index (χ4n) is 2.42. The summed E-state index contributed by atoms with van der Waals surface area (Å²) in [6, 6.07) is 13.5. The Balaban J connectivity index is 1.37. The molecule has 0 aliphatic rings. The summed E-state index contributed by atoms with van der Waals surface area (Å²) < 4.78 is 13.9. The maximum absolute atomic E-state index is 12.9. The Morgan fingerprint density at radius 3 is 2.59 bits per heavy atom. The number of amides is 1. The quantitative estimate of drug-likeness (QED) is 0.461. The van der Waals surface area contributed by atoms with Crippen LogP contribution in [0.15, 0.2) is 53.0 Å². The van der Waals surface area contributed by atoms with Gasteiger partial charge in [-0.25, -0.2) is 4.39 Å². The van der Waals surface area contributed by atoms with Crippen molar-refractivity contribution in [1.82, 2.24) is 35.7 Å². The fourth-order valence-corrected chi connectivity index (χ4v) is 3.41. The standard InChI is InChI=1S/C18H13BrFN7OS/c19-13-5-3-12(4-6-13)16-23-26-27(25-16)10-15-22-24-18(29-15)17(28)21-9-11-1-7-14(20)8-2-11/h1-8H,9-10H2,(H,21,28). The Bertz CT molecular complexity index is 1130. The van der Waals surface area contributed by atoms with E-state index in [4.69, 9.17) is 0 Å². The second kappa shape index (κ2) is 8.53. The number of carbonyl (C=O) groups is 1. The first kappa shape index (κ1) is 19.3. The highest BCUT2D eigenvalue weighted by Gasteiger charge is 2.14. The normalized spacial score (nSPS) is 10.8. The van der Waals surface area contributed by atoms with Gasteiger partial charge in [-0.2, -0.15) is 4.80 Å². The molecule has 2 aromatic carbocycles. The first-order chi connectivity index (χ1) is 14.1. The summed E-state index contributed by atoms with van der Waals surface area (Å²) in [5.74, 6) is -0.168. The van der Waals surface area contributed by atoms with Crippen molar-refractivity contribution in [3.8, 4) is 11.4 Å². The number of hydrogen-bond acceptors (Lipinski definition) is 7. The third kappa shape index (κ3) is 4.87. The molecule has 8 nitrogen and oxygen atoms in total. The maximum atomic E-state index is 12.9. The molecule has 0 saturated carbocycles. The lowest BCUT2D eigenvalue weighted by atomic mass is 10.2. The van der Waals surface area contributed by atoms with Gasteiger partial charge < -0.3 is 5.32 Å². The van der Waals surface area contributed by atoms with E-state index >= 15 is 0 Å². The zero-order valence-electron chi connectivity index (χ0n) is 14.8. The van der Waals surface area contributed by atoms with Crippen LogP contribution in [0.25, 0.3) is 11.4 Å². The molecule has 1 amide bonds. The number of halogens is 2. The van der Waals surface area contributed by atoms with Crippen LogP contribution in [0.4, 0.5) is 4.39 Å². The smallest absolute Gasteiger partial charge is 0.282 e. The summed E-state index contributed by atoms with van der Waals surface area (Å²) in [6.07, 6.45) is 0. The van der Waals surface area contributed by atoms with Crippen molar-refractivity contribution in [2.24, 2.45) is 0 Å². The van der Waals surface area contributed by atoms with E-state index in [1.807, 2.05) is 24.3 Å². The van der Waals surface area contributed by atoms with Crippen LogP contribution in [-0.2, 0) is 13.1 Å². The largest absolute Gasteiger partial charge is 0.346 e. The molecule has 1 N–H and O–H groups in total. The number of nitrogens with one attached hydrogen (secondary N) is 1. The first-order valence-corrected chi connectivity index (χ1v) is 10.1. The molecule has 4 rings (SSSR count). The van der Waals surface area contributed by atoms with Gasteiger partial charge in [0.25, 0.3) is 5.91 Å². The van der Waals surface area contributed by atoms with Gasteiger partial charge in [0.1, 0.15) is 17.4 Å². The van der Waals surface area contributed by atoms with Crippen molar-refractivity contribution in [3.05, 3.63) is 74.4 Å². The van der Waals surface area contributed by atoms with Crippen LogP contribution in [0.3, 0.4) is 0 Å². The average molecular weight is 474 g/mol. The highest BCUT2D eigenvalue weighted by atomic mass is 79.9. The SMILES string of the molecule is O=C(NCc1ccc(F)cc1)c1nnc(Cn2nnc(-c3ccc(Br)cc3)n2)s1. The molecule has 29 heavy (non-hydrogen) atoms. The number of nitrogens with zero attached hydrogens (tertiary/aromatic N) is 6. The van der Waals surface area contributed by atoms with Crippen LogP contribution >= 0.6 is 27.3 Å². The monoisotopic (exact) mass is 473 g/mol. The highest BCUT2D eigenvalue weighted by Crippen LogP contribution is 2.18.